The molecule has 1 saturated carbocycles. The van der Waals surface area contributed by atoms with Crippen LogP contribution in [0.1, 0.15) is 90.2 Å². The van der Waals surface area contributed by atoms with E-state index < -0.39 is 5.41 Å². The average molecular weight is 597 g/mol. The summed E-state index contributed by atoms with van der Waals surface area (Å²) in [6, 6.07) is 12.7. The molecular weight excluding hydrogens is 552 g/mol. The number of aromatic nitrogens is 1. The number of anilines is 2. The van der Waals surface area contributed by atoms with Crippen LogP contribution in [0.15, 0.2) is 41.2 Å². The number of ether oxygens (including phenoxy) is 1. The first kappa shape index (κ1) is 30.1. The lowest BCUT2D eigenvalue weighted by molar-refractivity contribution is -0.121. The maximum atomic E-state index is 13.9. The number of hydrogen-bond donors (Lipinski definition) is 3. The molecule has 0 atom stereocenters. The highest BCUT2D eigenvalue weighted by Crippen LogP contribution is 2.48. The minimum Gasteiger partial charge on any atom is -0.381 e. The fraction of sp³-hybridized carbons (Fsp3) is 0.472. The van der Waals surface area contributed by atoms with Gasteiger partial charge in [0.2, 0.25) is 5.91 Å². The van der Waals surface area contributed by atoms with E-state index in [0.29, 0.717) is 17.2 Å². The Bertz CT molecular complexity index is 1650. The van der Waals surface area contributed by atoms with Gasteiger partial charge in [0, 0.05) is 60.5 Å². The van der Waals surface area contributed by atoms with E-state index in [2.05, 4.69) is 51.7 Å². The van der Waals surface area contributed by atoms with Gasteiger partial charge in [-0.3, -0.25) is 14.4 Å². The van der Waals surface area contributed by atoms with Gasteiger partial charge in [-0.05, 0) is 105 Å². The second kappa shape index (κ2) is 12.2. The highest BCUT2D eigenvalue weighted by Gasteiger charge is 2.47. The maximum absolute atomic E-state index is 13.9. The van der Waals surface area contributed by atoms with Gasteiger partial charge in [0.25, 0.3) is 11.5 Å². The van der Waals surface area contributed by atoms with Gasteiger partial charge >= 0.3 is 0 Å². The number of fused-ring (bicyclic) bond motifs is 2. The van der Waals surface area contributed by atoms with E-state index in [1.165, 1.54) is 6.42 Å². The molecule has 3 heterocycles. The Hall–Kier alpha value is -3.91. The molecule has 232 valence electrons. The van der Waals surface area contributed by atoms with E-state index in [9.17, 15) is 14.4 Å². The van der Waals surface area contributed by atoms with Crippen molar-refractivity contribution in [3.05, 3.63) is 80.3 Å². The molecule has 1 spiro atoms. The van der Waals surface area contributed by atoms with Crippen molar-refractivity contribution in [3.63, 3.8) is 0 Å². The zero-order chi connectivity index (χ0) is 31.0. The standard InChI is InChI=1S/C36H44N4O4/c1-5-40(27-11-15-44-16-12-27)32-20-26(25-9-10-30-31(19-25)39-35(43)36(30)13-7-6-8-14-36)18-28(24(32)4)33(41)37-21-29-22(2)17-23(3)38-34(29)42/h9-10,17-20,27H,5-8,11-16,21H2,1-4H3,(H,37,41)(H,38,42)(H,39,43). The van der Waals surface area contributed by atoms with Crippen LogP contribution in [0.2, 0.25) is 0 Å². The van der Waals surface area contributed by atoms with Gasteiger partial charge in [-0.15, -0.1) is 0 Å². The molecule has 8 heteroatoms. The summed E-state index contributed by atoms with van der Waals surface area (Å²) in [5.74, 6) is -0.101. The van der Waals surface area contributed by atoms with E-state index in [-0.39, 0.29) is 23.9 Å². The molecule has 0 radical (unpaired) electrons. The number of rotatable bonds is 7. The van der Waals surface area contributed by atoms with Crippen LogP contribution in [-0.4, -0.2) is 42.6 Å². The summed E-state index contributed by atoms with van der Waals surface area (Å²) in [6.45, 7) is 10.3. The first-order chi connectivity index (χ1) is 21.2. The summed E-state index contributed by atoms with van der Waals surface area (Å²) >= 11 is 0. The van der Waals surface area contributed by atoms with Crippen molar-refractivity contribution in [2.24, 2.45) is 0 Å². The summed E-state index contributed by atoms with van der Waals surface area (Å²) in [5.41, 5.74) is 8.00. The van der Waals surface area contributed by atoms with E-state index in [1.54, 1.807) is 0 Å². The monoisotopic (exact) mass is 596 g/mol. The van der Waals surface area contributed by atoms with Gasteiger partial charge in [0.15, 0.2) is 0 Å². The lowest BCUT2D eigenvalue weighted by Gasteiger charge is -2.37. The maximum Gasteiger partial charge on any atom is 0.253 e. The Balaban J connectivity index is 1.39. The van der Waals surface area contributed by atoms with Crippen LogP contribution in [-0.2, 0) is 21.5 Å². The molecule has 1 aromatic heterocycles. The zero-order valence-electron chi connectivity index (χ0n) is 26.4. The van der Waals surface area contributed by atoms with Crippen molar-refractivity contribution in [1.82, 2.24) is 10.3 Å². The first-order valence-corrected chi connectivity index (χ1v) is 16.1. The lowest BCUT2D eigenvalue weighted by atomic mass is 9.70. The molecule has 44 heavy (non-hydrogen) atoms. The second-order valence-electron chi connectivity index (χ2n) is 12.8. The Morgan fingerprint density at radius 2 is 1.75 bits per heavy atom. The van der Waals surface area contributed by atoms with Gasteiger partial charge in [-0.1, -0.05) is 31.4 Å². The molecule has 8 nitrogen and oxygen atoms in total. The number of carbonyl (C=O) groups is 2. The van der Waals surface area contributed by atoms with Crippen molar-refractivity contribution < 1.29 is 14.3 Å². The number of carbonyl (C=O) groups excluding carboxylic acids is 2. The number of aryl methyl sites for hydroxylation is 2. The molecular formula is C36H44N4O4. The minimum absolute atomic E-state index is 0.118. The summed E-state index contributed by atoms with van der Waals surface area (Å²) < 4.78 is 5.66. The van der Waals surface area contributed by atoms with E-state index in [4.69, 9.17) is 4.74 Å². The molecule has 2 aliphatic heterocycles. The van der Waals surface area contributed by atoms with Gasteiger partial charge < -0.3 is 25.3 Å². The number of amides is 2. The Kier molecular flexibility index (Phi) is 8.38. The smallest absolute Gasteiger partial charge is 0.253 e. The van der Waals surface area contributed by atoms with Crippen LogP contribution < -0.4 is 21.1 Å². The third-order valence-corrected chi connectivity index (χ3v) is 10.1. The van der Waals surface area contributed by atoms with Crippen LogP contribution in [0.25, 0.3) is 11.1 Å². The third kappa shape index (κ3) is 5.45. The van der Waals surface area contributed by atoms with Gasteiger partial charge in [0.1, 0.15) is 0 Å². The SMILES string of the molecule is CCN(c1cc(-c2ccc3c(c2)NC(=O)C32CCCCC2)cc(C(=O)NCc2c(C)cc(C)[nH]c2=O)c1C)C1CCOCC1. The predicted octanol–water partition coefficient (Wildman–Crippen LogP) is 6.06. The van der Waals surface area contributed by atoms with Crippen LogP contribution in [0.5, 0.6) is 0 Å². The van der Waals surface area contributed by atoms with Crippen molar-refractivity contribution in [2.75, 3.05) is 30.0 Å². The summed E-state index contributed by atoms with van der Waals surface area (Å²) in [4.78, 5) is 45.0. The lowest BCUT2D eigenvalue weighted by Crippen LogP contribution is -2.40. The van der Waals surface area contributed by atoms with Gasteiger partial charge in [0.05, 0.1) is 5.41 Å². The van der Waals surface area contributed by atoms with Crippen LogP contribution >= 0.6 is 0 Å². The molecule has 3 N–H and O–H groups in total. The highest BCUT2D eigenvalue weighted by atomic mass is 16.5. The Morgan fingerprint density at radius 3 is 2.45 bits per heavy atom. The van der Waals surface area contributed by atoms with E-state index in [0.717, 1.165) is 103 Å². The number of nitrogens with zero attached hydrogens (tertiary/aromatic N) is 1. The largest absolute Gasteiger partial charge is 0.381 e. The zero-order valence-corrected chi connectivity index (χ0v) is 26.4. The topological polar surface area (TPSA) is 104 Å². The summed E-state index contributed by atoms with van der Waals surface area (Å²) in [7, 11) is 0. The minimum atomic E-state index is -0.413. The molecule has 1 aliphatic carbocycles. The normalized spacial score (nSPS) is 17.8. The molecule has 6 rings (SSSR count). The molecule has 0 bridgehead atoms. The van der Waals surface area contributed by atoms with Gasteiger partial charge in [-0.25, -0.2) is 0 Å². The Morgan fingerprint density at radius 1 is 1.00 bits per heavy atom. The molecule has 2 aromatic carbocycles. The van der Waals surface area contributed by atoms with E-state index in [1.807, 2.05) is 32.9 Å². The van der Waals surface area contributed by atoms with Crippen molar-refractivity contribution in [2.45, 2.75) is 90.6 Å². The molecule has 0 unspecified atom stereocenters. The van der Waals surface area contributed by atoms with E-state index >= 15 is 0 Å². The first-order valence-electron chi connectivity index (χ1n) is 16.1. The quantitative estimate of drug-likeness (QED) is 0.308. The number of H-pyrrole nitrogens is 1. The molecule has 1 saturated heterocycles. The second-order valence-corrected chi connectivity index (χ2v) is 12.8. The number of nitrogens with one attached hydrogen (secondary N) is 3. The van der Waals surface area contributed by atoms with Gasteiger partial charge in [-0.2, -0.15) is 0 Å². The number of aromatic amines is 1. The predicted molar refractivity (Wildman–Crippen MR) is 175 cm³/mol. The fourth-order valence-electron chi connectivity index (χ4n) is 7.65. The van der Waals surface area contributed by atoms with Crippen LogP contribution in [0.3, 0.4) is 0 Å². The van der Waals surface area contributed by atoms with Crippen molar-refractivity contribution in [1.29, 1.82) is 0 Å². The fourth-order valence-corrected chi connectivity index (χ4v) is 7.65. The molecule has 2 fully saturated rings. The van der Waals surface area contributed by atoms with Crippen LogP contribution in [0.4, 0.5) is 11.4 Å². The third-order valence-electron chi connectivity index (χ3n) is 10.1. The molecule has 3 aromatic rings. The number of pyridine rings is 1. The molecule has 2 amide bonds. The summed E-state index contributed by atoms with van der Waals surface area (Å²) in [5, 5.41) is 6.23. The highest BCUT2D eigenvalue weighted by molar-refractivity contribution is 6.07. The van der Waals surface area contributed by atoms with Crippen molar-refractivity contribution in [3.8, 4) is 11.1 Å². The number of benzene rings is 2. The van der Waals surface area contributed by atoms with Crippen molar-refractivity contribution >= 4 is 23.2 Å². The average Bonchev–Trinajstić information content (AvgIpc) is 3.27. The summed E-state index contributed by atoms with van der Waals surface area (Å²) in [6.07, 6.45) is 6.97. The molecule has 3 aliphatic rings. The Labute approximate surface area is 259 Å². The number of hydrogen-bond acceptors (Lipinski definition) is 5. The van der Waals surface area contributed by atoms with Crippen LogP contribution in [0, 0.1) is 20.8 Å².